The quantitative estimate of drug-likeness (QED) is 0.0924. The average molecular weight is 673 g/mol. The van der Waals surface area contributed by atoms with E-state index in [9.17, 15) is 23.3 Å². The number of nitrogens with zero attached hydrogens (tertiary/aromatic N) is 5. The highest BCUT2D eigenvalue weighted by Gasteiger charge is 2.30. The maximum atomic E-state index is 12.9. The molecular weight excluding hydrogens is 646 g/mol. The molecule has 2 heterocycles. The van der Waals surface area contributed by atoms with Crippen LogP contribution in [-0.2, 0) is 24.4 Å². The first-order chi connectivity index (χ1) is 22.4. The Kier molecular flexibility index (Phi) is 8.60. The molecule has 0 saturated carbocycles. The number of rotatable bonds is 9. The van der Waals surface area contributed by atoms with Crippen molar-refractivity contribution in [1.29, 1.82) is 0 Å². The third-order valence-corrected chi connectivity index (χ3v) is 9.77. The van der Waals surface area contributed by atoms with Gasteiger partial charge in [0.15, 0.2) is 0 Å². The summed E-state index contributed by atoms with van der Waals surface area (Å²) in [7, 11) is 0. The molecule has 0 amide bonds. The van der Waals surface area contributed by atoms with Gasteiger partial charge in [0, 0.05) is 40.4 Å². The number of aromatic nitrogens is 4. The molecule has 0 spiro atoms. The van der Waals surface area contributed by atoms with Gasteiger partial charge in [0.1, 0.15) is 20.0 Å². The first kappa shape index (κ1) is 32.0. The van der Waals surface area contributed by atoms with Gasteiger partial charge in [-0.1, -0.05) is 97.2 Å². The lowest BCUT2D eigenvalue weighted by atomic mass is 9.79. The zero-order valence-electron chi connectivity index (χ0n) is 25.2. The van der Waals surface area contributed by atoms with E-state index in [0.29, 0.717) is 33.3 Å². The summed E-state index contributed by atoms with van der Waals surface area (Å²) in [5.41, 5.74) is 10.3. The second kappa shape index (κ2) is 12.6. The number of halogens is 3. The van der Waals surface area contributed by atoms with Crippen molar-refractivity contribution in [3.05, 3.63) is 128 Å². The molecule has 0 radical (unpaired) electrons. The van der Waals surface area contributed by atoms with Crippen molar-refractivity contribution in [3.8, 4) is 31.7 Å². The molecular formula is C34H27F3N6O2S2. The third kappa shape index (κ3) is 7.05. The highest BCUT2D eigenvalue weighted by molar-refractivity contribution is 7.18. The molecule has 0 unspecified atom stereocenters. The van der Waals surface area contributed by atoms with E-state index in [2.05, 4.69) is 34.2 Å². The maximum absolute atomic E-state index is 12.9. The second-order valence-electron chi connectivity index (χ2n) is 11.6. The fourth-order valence-electron chi connectivity index (χ4n) is 5.26. The van der Waals surface area contributed by atoms with E-state index in [1.807, 2.05) is 54.6 Å². The van der Waals surface area contributed by atoms with Crippen molar-refractivity contribution < 1.29 is 18.1 Å². The number of nitrogens with two attached hydrogens (primary N) is 1. The Balaban J connectivity index is 1.16. The molecule has 238 valence electrons. The normalized spacial score (nSPS) is 11.9. The lowest BCUT2D eigenvalue weighted by Crippen LogP contribution is -2.20. The summed E-state index contributed by atoms with van der Waals surface area (Å²) < 4.78 is 38.8. The van der Waals surface area contributed by atoms with Gasteiger partial charge >= 0.3 is 6.18 Å². The van der Waals surface area contributed by atoms with Crippen molar-refractivity contribution >= 4 is 34.0 Å². The van der Waals surface area contributed by atoms with Crippen molar-refractivity contribution in [3.63, 3.8) is 0 Å². The van der Waals surface area contributed by atoms with Crippen LogP contribution in [0.2, 0.25) is 0 Å². The standard InChI is InChI=1S/C34H27F3N6O2S2/c1-33(2,24-13-9-22(10-14-24)31-41-42-32(47-31)26-5-3-4-6-27(26)38)19-20-7-8-23(28(17-20)43(44)45)18-29-39-40-30(46-29)21-11-15-25(16-12-21)34(35,36)37/h3-17H,18-19,38H2,1-2H3. The summed E-state index contributed by atoms with van der Waals surface area (Å²) in [5.74, 6) is 0. The Hall–Kier alpha value is -5.01. The summed E-state index contributed by atoms with van der Waals surface area (Å²) in [5, 5.41) is 31.5. The molecule has 8 nitrogen and oxygen atoms in total. The smallest absolute Gasteiger partial charge is 0.398 e. The minimum absolute atomic E-state index is 0.0222. The number of nitro benzene ring substituents is 1. The van der Waals surface area contributed by atoms with Crippen molar-refractivity contribution in [2.75, 3.05) is 5.73 Å². The molecule has 0 atom stereocenters. The first-order valence-electron chi connectivity index (χ1n) is 14.4. The number of nitro groups is 1. The molecule has 4 aromatic carbocycles. The Morgan fingerprint density at radius 2 is 1.36 bits per heavy atom. The van der Waals surface area contributed by atoms with Gasteiger partial charge in [-0.15, -0.1) is 20.4 Å². The number of anilines is 1. The molecule has 0 aliphatic heterocycles. The summed E-state index contributed by atoms with van der Waals surface area (Å²) in [6.45, 7) is 4.18. The van der Waals surface area contributed by atoms with Crippen LogP contribution < -0.4 is 5.73 Å². The Labute approximate surface area is 275 Å². The van der Waals surface area contributed by atoms with Crippen molar-refractivity contribution in [2.45, 2.75) is 38.3 Å². The molecule has 0 bridgehead atoms. The van der Waals surface area contributed by atoms with Gasteiger partial charge in [-0.25, -0.2) is 0 Å². The van der Waals surface area contributed by atoms with Crippen LogP contribution in [0.4, 0.5) is 24.5 Å². The molecule has 6 rings (SSSR count). The first-order valence-corrected chi connectivity index (χ1v) is 16.1. The van der Waals surface area contributed by atoms with Crippen LogP contribution in [-0.4, -0.2) is 25.3 Å². The van der Waals surface area contributed by atoms with Gasteiger partial charge < -0.3 is 5.73 Å². The van der Waals surface area contributed by atoms with Crippen LogP contribution in [0.15, 0.2) is 91.0 Å². The lowest BCUT2D eigenvalue weighted by molar-refractivity contribution is -0.385. The zero-order chi connectivity index (χ0) is 33.3. The second-order valence-corrected chi connectivity index (χ2v) is 13.7. The summed E-state index contributed by atoms with van der Waals surface area (Å²) in [6, 6.07) is 25.5. The number of para-hydroxylation sites is 1. The molecule has 2 aromatic heterocycles. The lowest BCUT2D eigenvalue weighted by Gasteiger charge is -2.26. The Morgan fingerprint density at radius 1 is 0.766 bits per heavy atom. The number of alkyl halides is 3. The van der Waals surface area contributed by atoms with Gasteiger partial charge in [0.25, 0.3) is 5.69 Å². The predicted octanol–water partition coefficient (Wildman–Crippen LogP) is 9.01. The van der Waals surface area contributed by atoms with Crippen molar-refractivity contribution in [2.24, 2.45) is 0 Å². The molecule has 47 heavy (non-hydrogen) atoms. The molecule has 2 N–H and O–H groups in total. The topological polar surface area (TPSA) is 121 Å². The van der Waals surface area contributed by atoms with E-state index >= 15 is 0 Å². The number of nitrogen functional groups attached to an aromatic ring is 1. The van der Waals surface area contributed by atoms with Crippen LogP contribution in [0.5, 0.6) is 0 Å². The summed E-state index contributed by atoms with van der Waals surface area (Å²) in [6.07, 6.45) is -3.70. The van der Waals surface area contributed by atoms with Crippen LogP contribution in [0.3, 0.4) is 0 Å². The number of hydrogen-bond donors (Lipinski definition) is 1. The monoisotopic (exact) mass is 672 g/mol. The molecule has 0 fully saturated rings. The minimum Gasteiger partial charge on any atom is -0.398 e. The van der Waals surface area contributed by atoms with E-state index in [1.165, 1.54) is 34.8 Å². The van der Waals surface area contributed by atoms with Crippen LogP contribution in [0.25, 0.3) is 31.7 Å². The highest BCUT2D eigenvalue weighted by Crippen LogP contribution is 2.36. The van der Waals surface area contributed by atoms with Gasteiger partial charge in [-0.3, -0.25) is 10.1 Å². The molecule has 13 heteroatoms. The third-order valence-electron chi connectivity index (χ3n) is 7.79. The molecule has 0 aliphatic rings. The van der Waals surface area contributed by atoms with E-state index in [0.717, 1.165) is 44.4 Å². The predicted molar refractivity (Wildman–Crippen MR) is 178 cm³/mol. The fraction of sp³-hybridized carbons (Fsp3) is 0.176. The van der Waals surface area contributed by atoms with E-state index in [4.69, 9.17) is 5.73 Å². The molecule has 0 aliphatic carbocycles. The summed E-state index contributed by atoms with van der Waals surface area (Å²) >= 11 is 2.65. The van der Waals surface area contributed by atoms with Crippen molar-refractivity contribution in [1.82, 2.24) is 20.4 Å². The zero-order valence-corrected chi connectivity index (χ0v) is 26.8. The fourth-order valence-corrected chi connectivity index (χ4v) is 7.03. The highest BCUT2D eigenvalue weighted by atomic mass is 32.1. The average Bonchev–Trinajstić information content (AvgIpc) is 3.72. The van der Waals surface area contributed by atoms with E-state index < -0.39 is 16.7 Å². The SMILES string of the molecule is CC(C)(Cc1ccc(Cc2nnc(-c3ccc(C(F)(F)F)cc3)s2)c([N+](=O)[O-])c1)c1ccc(-c2nnc(-c3ccccc3N)s2)cc1. The molecule has 0 saturated heterocycles. The van der Waals surface area contributed by atoms with Gasteiger partial charge in [-0.2, -0.15) is 13.2 Å². The van der Waals surface area contributed by atoms with Crippen LogP contribution in [0, 0.1) is 10.1 Å². The maximum Gasteiger partial charge on any atom is 0.416 e. The Morgan fingerprint density at radius 3 is 2.00 bits per heavy atom. The van der Waals surface area contributed by atoms with Gasteiger partial charge in [0.2, 0.25) is 0 Å². The van der Waals surface area contributed by atoms with Gasteiger partial charge in [-0.05, 0) is 47.2 Å². The number of hydrogen-bond acceptors (Lipinski definition) is 9. The molecule has 6 aromatic rings. The van der Waals surface area contributed by atoms with E-state index in [1.54, 1.807) is 12.1 Å². The van der Waals surface area contributed by atoms with Crippen LogP contribution >= 0.6 is 22.7 Å². The number of benzene rings is 4. The minimum atomic E-state index is -4.43. The van der Waals surface area contributed by atoms with Crippen LogP contribution in [0.1, 0.15) is 41.1 Å². The van der Waals surface area contributed by atoms with Gasteiger partial charge in [0.05, 0.1) is 10.5 Å². The largest absolute Gasteiger partial charge is 0.416 e. The Bertz CT molecular complexity index is 2060. The summed E-state index contributed by atoms with van der Waals surface area (Å²) in [4.78, 5) is 11.7. The van der Waals surface area contributed by atoms with E-state index in [-0.39, 0.29) is 17.5 Å².